The van der Waals surface area contributed by atoms with Crippen molar-refractivity contribution in [1.29, 1.82) is 0 Å². The maximum absolute atomic E-state index is 13.4. The van der Waals surface area contributed by atoms with Gasteiger partial charge in [-0.3, -0.25) is 9.59 Å². The molecule has 164 valence electrons. The Morgan fingerprint density at radius 1 is 1.19 bits per heavy atom. The van der Waals surface area contributed by atoms with Crippen LogP contribution in [-0.4, -0.2) is 61.4 Å². The fourth-order valence-electron chi connectivity index (χ4n) is 3.71. The van der Waals surface area contributed by atoms with Gasteiger partial charge in [0.25, 0.3) is 5.91 Å². The molecule has 0 radical (unpaired) electrons. The topological polar surface area (TPSA) is 71.4 Å². The third kappa shape index (κ3) is 4.97. The molecule has 8 heteroatoms. The molecule has 1 aliphatic heterocycles. The second-order valence-corrected chi connectivity index (χ2v) is 8.73. The zero-order valence-electron chi connectivity index (χ0n) is 17.8. The van der Waals surface area contributed by atoms with Gasteiger partial charge in [0.2, 0.25) is 5.91 Å². The third-order valence-electron chi connectivity index (χ3n) is 5.60. The number of methoxy groups -OCH3 is 2. The van der Waals surface area contributed by atoms with Gasteiger partial charge in [0.1, 0.15) is 12.3 Å². The second kappa shape index (κ2) is 9.62. The molecule has 2 aromatic rings. The number of amides is 2. The fourth-order valence-corrected chi connectivity index (χ4v) is 4.43. The minimum atomic E-state index is -0.212. The summed E-state index contributed by atoms with van der Waals surface area (Å²) in [7, 11) is 3.23. The molecule has 1 unspecified atom stereocenters. The van der Waals surface area contributed by atoms with E-state index in [0.717, 1.165) is 34.7 Å². The van der Waals surface area contributed by atoms with Gasteiger partial charge in [0.05, 0.1) is 30.3 Å². The Hall–Kier alpha value is -2.71. The maximum atomic E-state index is 13.4. The Kier molecular flexibility index (Phi) is 6.67. The summed E-state index contributed by atoms with van der Waals surface area (Å²) in [6, 6.07) is 11.5. The second-order valence-electron chi connectivity index (χ2n) is 7.78. The van der Waals surface area contributed by atoms with E-state index in [2.05, 4.69) is 0 Å². The molecule has 4 rings (SSSR count). The highest BCUT2D eigenvalue weighted by Gasteiger charge is 2.37. The molecule has 7 nitrogen and oxygen atoms in total. The van der Waals surface area contributed by atoms with Gasteiger partial charge in [-0.2, -0.15) is 5.10 Å². The first kappa shape index (κ1) is 21.5. The summed E-state index contributed by atoms with van der Waals surface area (Å²) < 4.78 is 10.4. The monoisotopic (exact) mass is 441 g/mol. The molecule has 2 heterocycles. The predicted molar refractivity (Wildman–Crippen MR) is 119 cm³/mol. The lowest BCUT2D eigenvalue weighted by molar-refractivity contribution is -0.142. The molecule has 0 N–H and O–H groups in total. The van der Waals surface area contributed by atoms with E-state index in [4.69, 9.17) is 14.6 Å². The number of carbonyl (C=O) groups is 2. The molecule has 1 aliphatic carbocycles. The van der Waals surface area contributed by atoms with Crippen molar-refractivity contribution in [1.82, 2.24) is 9.91 Å². The first-order valence-corrected chi connectivity index (χ1v) is 11.3. The summed E-state index contributed by atoms with van der Waals surface area (Å²) in [6.07, 6.45) is 2.43. The number of rotatable bonds is 9. The van der Waals surface area contributed by atoms with Gasteiger partial charge >= 0.3 is 0 Å². The van der Waals surface area contributed by atoms with E-state index in [-0.39, 0.29) is 30.3 Å². The molecule has 0 spiro atoms. The maximum Gasteiger partial charge on any atom is 0.262 e. The molecular weight excluding hydrogens is 414 g/mol. The molecule has 1 fully saturated rings. The number of hydrazone groups is 1. The van der Waals surface area contributed by atoms with Crippen LogP contribution in [0.2, 0.25) is 0 Å². The molecular formula is C23H27N3O4S. The van der Waals surface area contributed by atoms with E-state index in [1.165, 1.54) is 0 Å². The first-order valence-electron chi connectivity index (χ1n) is 10.5. The normalized spacial score (nSPS) is 18.1. The molecule has 1 aromatic carbocycles. The van der Waals surface area contributed by atoms with Crippen LogP contribution in [0.5, 0.6) is 5.75 Å². The summed E-state index contributed by atoms with van der Waals surface area (Å²) in [4.78, 5) is 28.7. The van der Waals surface area contributed by atoms with Gasteiger partial charge in [-0.15, -0.1) is 11.3 Å². The number of nitrogens with zero attached hydrogens (tertiary/aromatic N) is 3. The van der Waals surface area contributed by atoms with Crippen LogP contribution in [0, 0.1) is 5.92 Å². The molecule has 1 saturated carbocycles. The lowest BCUT2D eigenvalue weighted by Gasteiger charge is -2.27. The van der Waals surface area contributed by atoms with Gasteiger partial charge in [0, 0.05) is 26.0 Å². The third-order valence-corrected chi connectivity index (χ3v) is 6.52. The summed E-state index contributed by atoms with van der Waals surface area (Å²) in [5.41, 5.74) is 1.88. The number of thiophene rings is 1. The van der Waals surface area contributed by atoms with Crippen molar-refractivity contribution >= 4 is 28.9 Å². The predicted octanol–water partition coefficient (Wildman–Crippen LogP) is 3.32. The van der Waals surface area contributed by atoms with Crippen LogP contribution >= 0.6 is 11.3 Å². The Bertz CT molecular complexity index is 938. The lowest BCUT2D eigenvalue weighted by atomic mass is 10.0. The van der Waals surface area contributed by atoms with E-state index >= 15 is 0 Å². The Morgan fingerprint density at radius 2 is 1.97 bits per heavy atom. The molecule has 0 bridgehead atoms. The van der Waals surface area contributed by atoms with Crippen molar-refractivity contribution in [2.45, 2.75) is 25.3 Å². The zero-order valence-corrected chi connectivity index (χ0v) is 18.6. The Morgan fingerprint density at radius 3 is 2.58 bits per heavy atom. The Balaban J connectivity index is 1.57. The van der Waals surface area contributed by atoms with E-state index in [1.54, 1.807) is 35.5 Å². The summed E-state index contributed by atoms with van der Waals surface area (Å²) >= 11 is 1.61. The molecule has 0 saturated heterocycles. The van der Waals surface area contributed by atoms with Gasteiger partial charge < -0.3 is 14.4 Å². The largest absolute Gasteiger partial charge is 0.497 e. The number of ether oxygens (including phenoxy) is 2. The highest BCUT2D eigenvalue weighted by Crippen LogP contribution is 2.35. The summed E-state index contributed by atoms with van der Waals surface area (Å²) in [5, 5.41) is 8.25. The molecule has 31 heavy (non-hydrogen) atoms. The van der Waals surface area contributed by atoms with Crippen LogP contribution in [0.1, 0.15) is 35.7 Å². The van der Waals surface area contributed by atoms with Gasteiger partial charge in [-0.25, -0.2) is 5.01 Å². The van der Waals surface area contributed by atoms with Crippen molar-refractivity contribution in [3.05, 3.63) is 52.2 Å². The summed E-state index contributed by atoms with van der Waals surface area (Å²) in [6.45, 7) is 0.810. The number of benzene rings is 1. The summed E-state index contributed by atoms with van der Waals surface area (Å²) in [5.74, 6) is 0.663. The quantitative estimate of drug-likeness (QED) is 0.599. The minimum absolute atomic E-state index is 0.00652. The molecule has 2 amide bonds. The van der Waals surface area contributed by atoms with Crippen LogP contribution in [-0.2, 0) is 14.3 Å². The van der Waals surface area contributed by atoms with Gasteiger partial charge in [-0.1, -0.05) is 18.2 Å². The van der Waals surface area contributed by atoms with Crippen LogP contribution in [0.15, 0.2) is 46.9 Å². The smallest absolute Gasteiger partial charge is 0.262 e. The van der Waals surface area contributed by atoms with E-state index in [0.29, 0.717) is 19.6 Å². The van der Waals surface area contributed by atoms with E-state index < -0.39 is 0 Å². The van der Waals surface area contributed by atoms with Crippen LogP contribution in [0.4, 0.5) is 0 Å². The van der Waals surface area contributed by atoms with Gasteiger partial charge in [0.15, 0.2) is 0 Å². The number of carbonyl (C=O) groups excluding carboxylic acids is 2. The van der Waals surface area contributed by atoms with E-state index in [9.17, 15) is 9.59 Å². The van der Waals surface area contributed by atoms with Crippen LogP contribution in [0.25, 0.3) is 0 Å². The van der Waals surface area contributed by atoms with Crippen molar-refractivity contribution in [3.8, 4) is 5.75 Å². The van der Waals surface area contributed by atoms with Crippen molar-refractivity contribution in [2.24, 2.45) is 11.0 Å². The molecule has 1 aromatic heterocycles. The fraction of sp³-hybridized carbons (Fsp3) is 0.435. The average molecular weight is 442 g/mol. The van der Waals surface area contributed by atoms with Crippen LogP contribution < -0.4 is 4.74 Å². The first-order chi connectivity index (χ1) is 15.1. The number of hydrogen-bond acceptors (Lipinski definition) is 6. The highest BCUT2D eigenvalue weighted by atomic mass is 32.1. The standard InChI is InChI=1S/C23H27N3O4S/c1-29-12-11-25(23(28)17-5-6-17)15-22(27)26-20(16-7-9-18(30-2)10-8-16)14-19(24-26)21-4-3-13-31-21/h3-4,7-10,13,17,20H,5-6,11-12,14-15H2,1-2H3. The zero-order chi connectivity index (χ0) is 21.8. The molecule has 2 aliphatic rings. The van der Waals surface area contributed by atoms with Crippen molar-refractivity contribution in [2.75, 3.05) is 33.9 Å². The lowest BCUT2D eigenvalue weighted by Crippen LogP contribution is -2.43. The highest BCUT2D eigenvalue weighted by molar-refractivity contribution is 7.12. The SMILES string of the molecule is COCCN(CC(=O)N1N=C(c2cccs2)CC1c1ccc(OC)cc1)C(=O)C1CC1. The van der Waals surface area contributed by atoms with E-state index in [1.807, 2.05) is 41.8 Å². The van der Waals surface area contributed by atoms with Gasteiger partial charge in [-0.05, 0) is 42.0 Å². The Labute approximate surface area is 186 Å². The van der Waals surface area contributed by atoms with Crippen molar-refractivity contribution in [3.63, 3.8) is 0 Å². The van der Waals surface area contributed by atoms with Crippen molar-refractivity contribution < 1.29 is 19.1 Å². The average Bonchev–Trinajstić information content (AvgIpc) is 3.31. The minimum Gasteiger partial charge on any atom is -0.497 e. The van der Waals surface area contributed by atoms with Crippen LogP contribution in [0.3, 0.4) is 0 Å². The number of hydrogen-bond donors (Lipinski definition) is 0. The molecule has 1 atom stereocenters.